The topological polar surface area (TPSA) is 55.4 Å². The fourth-order valence-electron chi connectivity index (χ4n) is 17.3. The largest absolute Gasteiger partial charge is 0.492 e. The van der Waals surface area contributed by atoms with Gasteiger partial charge in [-0.1, -0.05) is 352 Å². The Labute approximate surface area is 675 Å². The molecule has 0 radical (unpaired) electrons. The maximum atomic E-state index is 6.97. The van der Waals surface area contributed by atoms with Crippen LogP contribution in [0.15, 0.2) is 388 Å². The molecule has 116 heavy (non-hydrogen) atoms. The van der Waals surface area contributed by atoms with E-state index in [0.717, 1.165) is 206 Å². The molecule has 3 aliphatic rings. The van der Waals surface area contributed by atoms with Gasteiger partial charge in [-0.15, -0.1) is 0 Å². The Kier molecular flexibility index (Phi) is 19.0. The van der Waals surface area contributed by atoms with Gasteiger partial charge in [-0.25, -0.2) is 0 Å². The van der Waals surface area contributed by atoms with Crippen LogP contribution in [-0.2, 0) is 13.2 Å². The molecule has 0 saturated carbocycles. The first-order valence-corrected chi connectivity index (χ1v) is 40.1. The lowest BCUT2D eigenvalue weighted by molar-refractivity contribution is 0.144. The molecule has 6 heteroatoms. The molecule has 0 bridgehead atoms. The van der Waals surface area contributed by atoms with E-state index < -0.39 is 0 Å². The predicted molar refractivity (Wildman–Crippen MR) is 480 cm³/mol. The van der Waals surface area contributed by atoms with Crippen molar-refractivity contribution in [3.05, 3.63) is 399 Å². The van der Waals surface area contributed by atoms with Crippen molar-refractivity contribution >= 4 is 64.6 Å². The van der Waals surface area contributed by atoms with E-state index in [1.54, 1.807) is 0 Å². The zero-order valence-electron chi connectivity index (χ0n) is 64.2. The SMILES string of the molecule is CC1COc2c(c(-c3ccccc3)cc3ccccc23)-c2c(-c3ccccc3)cc3ccccc3c2O1.c1ccc(-c2cc3ccccc3c3c2-c2c(-c4ccccc4)cc4ccccc4c2OCCCO3)cc1.c1ccc(-c2cc3ccccc3c3c2-c2c(-c4ccccc4)cc4ccccc4c2OCc2ccccc2CO3)cc1. The summed E-state index contributed by atoms with van der Waals surface area (Å²) in [5.41, 5.74) is 22.4. The second kappa shape index (κ2) is 31.3. The van der Waals surface area contributed by atoms with E-state index in [9.17, 15) is 0 Å². The monoisotopic (exact) mass is 1500 g/mol. The fraction of sp³-hybridized carbons (Fsp3) is 0.0727. The van der Waals surface area contributed by atoms with E-state index in [2.05, 4.69) is 395 Å². The van der Waals surface area contributed by atoms with E-state index in [1.807, 2.05) is 0 Å². The van der Waals surface area contributed by atoms with Crippen molar-refractivity contribution in [3.8, 4) is 135 Å². The van der Waals surface area contributed by atoms with Gasteiger partial charge in [0.1, 0.15) is 60.4 Å². The second-order valence-corrected chi connectivity index (χ2v) is 29.9. The molecule has 0 aromatic heterocycles. The van der Waals surface area contributed by atoms with Crippen molar-refractivity contribution < 1.29 is 28.4 Å². The summed E-state index contributed by atoms with van der Waals surface area (Å²) in [7, 11) is 0. The predicted octanol–water partition coefficient (Wildman–Crippen LogP) is 28.8. The van der Waals surface area contributed by atoms with Gasteiger partial charge in [0.25, 0.3) is 0 Å². The molecule has 1 unspecified atom stereocenters. The molecule has 0 fully saturated rings. The Balaban J connectivity index is 0.000000113. The number of hydrogen-bond donors (Lipinski definition) is 0. The highest BCUT2D eigenvalue weighted by Crippen LogP contribution is 2.58. The summed E-state index contributed by atoms with van der Waals surface area (Å²) in [4.78, 5) is 0. The van der Waals surface area contributed by atoms with Crippen LogP contribution in [0.3, 0.4) is 0 Å². The van der Waals surface area contributed by atoms with Crippen molar-refractivity contribution in [2.45, 2.75) is 32.7 Å². The molecule has 6 nitrogen and oxygen atoms in total. The van der Waals surface area contributed by atoms with Crippen LogP contribution in [0.2, 0.25) is 0 Å². The molecule has 0 N–H and O–H groups in total. The van der Waals surface area contributed by atoms with Gasteiger partial charge < -0.3 is 28.4 Å². The summed E-state index contributed by atoms with van der Waals surface area (Å²) in [6.07, 6.45) is 0.701. The Morgan fingerprint density at radius 3 is 0.681 bits per heavy atom. The highest BCUT2D eigenvalue weighted by Gasteiger charge is 2.33. The number of hydrogen-bond acceptors (Lipinski definition) is 6. The Morgan fingerprint density at radius 2 is 0.414 bits per heavy atom. The summed E-state index contributed by atoms with van der Waals surface area (Å²) in [6.45, 7) is 4.67. The van der Waals surface area contributed by atoms with Gasteiger partial charge in [-0.05, 0) is 154 Å². The van der Waals surface area contributed by atoms with Crippen molar-refractivity contribution in [2.75, 3.05) is 19.8 Å². The summed E-state index contributed by atoms with van der Waals surface area (Å²) >= 11 is 0. The van der Waals surface area contributed by atoms with Crippen LogP contribution in [0.1, 0.15) is 24.5 Å². The van der Waals surface area contributed by atoms with E-state index in [-0.39, 0.29) is 6.10 Å². The second-order valence-electron chi connectivity index (χ2n) is 29.9. The molecule has 0 saturated heterocycles. The van der Waals surface area contributed by atoms with Gasteiger partial charge in [0.05, 0.1) is 13.2 Å². The molecule has 19 aromatic carbocycles. The van der Waals surface area contributed by atoms with Crippen molar-refractivity contribution in [1.82, 2.24) is 0 Å². The first kappa shape index (κ1) is 70.6. The maximum absolute atomic E-state index is 6.97. The van der Waals surface area contributed by atoms with E-state index in [1.165, 1.54) is 10.8 Å². The van der Waals surface area contributed by atoms with Gasteiger partial charge in [0.15, 0.2) is 0 Å². The minimum atomic E-state index is -0.111. The molecule has 1 atom stereocenters. The summed E-state index contributed by atoms with van der Waals surface area (Å²) in [5.74, 6) is 5.44. The maximum Gasteiger partial charge on any atom is 0.136 e. The molecule has 0 aliphatic carbocycles. The Bertz CT molecular complexity index is 6480. The third-order valence-corrected chi connectivity index (χ3v) is 22.7. The lowest BCUT2D eigenvalue weighted by Gasteiger charge is -2.29. The van der Waals surface area contributed by atoms with Crippen LogP contribution in [0.5, 0.6) is 34.5 Å². The molecular formula is C110H80O6. The van der Waals surface area contributed by atoms with Crippen LogP contribution in [0, 0.1) is 0 Å². The fourth-order valence-corrected chi connectivity index (χ4v) is 17.3. The zero-order valence-corrected chi connectivity index (χ0v) is 64.2. The van der Waals surface area contributed by atoms with Gasteiger partial charge in [-0.2, -0.15) is 0 Å². The molecule has 22 rings (SSSR count). The molecule has 3 aliphatic heterocycles. The normalized spacial score (nSPS) is 13.3. The summed E-state index contributed by atoms with van der Waals surface area (Å²) in [5, 5.41) is 13.6. The summed E-state index contributed by atoms with van der Waals surface area (Å²) in [6, 6.07) is 137. The summed E-state index contributed by atoms with van der Waals surface area (Å²) < 4.78 is 40.7. The molecule has 0 spiro atoms. The molecule has 3 heterocycles. The van der Waals surface area contributed by atoms with Crippen LogP contribution in [0.4, 0.5) is 0 Å². The van der Waals surface area contributed by atoms with Gasteiger partial charge in [0.2, 0.25) is 0 Å². The molecular weight excluding hydrogens is 1420 g/mol. The van der Waals surface area contributed by atoms with E-state index in [4.69, 9.17) is 28.4 Å². The minimum Gasteiger partial charge on any atom is -0.492 e. The van der Waals surface area contributed by atoms with Crippen molar-refractivity contribution in [2.24, 2.45) is 0 Å². The van der Waals surface area contributed by atoms with Crippen molar-refractivity contribution in [3.63, 3.8) is 0 Å². The number of ether oxygens (including phenoxy) is 6. The van der Waals surface area contributed by atoms with Crippen LogP contribution in [0.25, 0.3) is 165 Å². The third kappa shape index (κ3) is 13.3. The Morgan fingerprint density at radius 1 is 0.207 bits per heavy atom. The smallest absolute Gasteiger partial charge is 0.136 e. The average molecular weight is 1500 g/mol. The average Bonchev–Trinajstić information content (AvgIpc) is 0.778. The van der Waals surface area contributed by atoms with Crippen molar-refractivity contribution in [1.29, 1.82) is 0 Å². The first-order valence-electron chi connectivity index (χ1n) is 40.1. The van der Waals surface area contributed by atoms with Gasteiger partial charge >= 0.3 is 0 Å². The number of benzene rings is 19. The standard InChI is InChI=1S/C40H28O2.2C35H26O2/c1-3-13-27(14-4-1)35-23-29-17-9-11-21-33(29)39-37(35)38-36(28-15-5-2-6-16-28)24-30-18-10-12-22-34(30)40(38)42-26-32-20-8-7-19-31(32)25-41-39;1-23-22-36-34-28-18-10-8-16-26(28)20-30(24-12-4-2-5-13-24)32(34)33-31(25-14-6-3-7-15-25)21-27-17-9-11-19-29(27)35(33)37-23;1-3-12-24(13-4-1)30-22-26-16-7-9-18-28(26)34-32(30)33-31(25-14-5-2-6-15-25)23-27-17-8-10-19-29(27)35(33)37-21-11-20-36-34/h1-24H,25-26H2;2-21,23H,22H2,1H3;1-10,12-19,22-23H,11,20-21H2. The first-order chi connectivity index (χ1) is 57.5. The van der Waals surface area contributed by atoms with Gasteiger partial charge in [-0.3, -0.25) is 0 Å². The van der Waals surface area contributed by atoms with E-state index in [0.29, 0.717) is 33.0 Å². The molecule has 556 valence electrons. The van der Waals surface area contributed by atoms with Crippen LogP contribution < -0.4 is 28.4 Å². The highest BCUT2D eigenvalue weighted by molar-refractivity contribution is 6.15. The lowest BCUT2D eigenvalue weighted by atomic mass is 9.84. The van der Waals surface area contributed by atoms with E-state index >= 15 is 0 Å². The number of fused-ring (bicyclic) bond motifs is 22. The van der Waals surface area contributed by atoms with Gasteiger partial charge in [0, 0.05) is 72.1 Å². The Hall–Kier alpha value is -14.5. The van der Waals surface area contributed by atoms with Crippen LogP contribution in [-0.4, -0.2) is 25.9 Å². The minimum absolute atomic E-state index is 0.111. The number of rotatable bonds is 6. The lowest BCUT2D eigenvalue weighted by Crippen LogP contribution is -2.23. The quantitative estimate of drug-likeness (QED) is 0.165. The third-order valence-electron chi connectivity index (χ3n) is 22.7. The van der Waals surface area contributed by atoms with Crippen LogP contribution >= 0.6 is 0 Å². The zero-order chi connectivity index (χ0) is 77.3. The molecule has 0 amide bonds. The highest BCUT2D eigenvalue weighted by atomic mass is 16.5. The molecule has 19 aromatic rings.